The van der Waals surface area contributed by atoms with E-state index in [-0.39, 0.29) is 0 Å². The predicted octanol–water partition coefficient (Wildman–Crippen LogP) is 4.99. The Kier molecular flexibility index (Phi) is 6.36. The molecule has 0 aliphatic heterocycles. The van der Waals surface area contributed by atoms with Crippen LogP contribution in [0.25, 0.3) is 11.4 Å². The zero-order valence-electron chi connectivity index (χ0n) is 17.3. The summed E-state index contributed by atoms with van der Waals surface area (Å²) in [4.78, 5) is 25.2. The van der Waals surface area contributed by atoms with Gasteiger partial charge in [0.25, 0.3) is 5.91 Å². The lowest BCUT2D eigenvalue weighted by Crippen LogP contribution is -2.44. The van der Waals surface area contributed by atoms with Crippen LogP contribution in [-0.2, 0) is 6.18 Å². The lowest BCUT2D eigenvalue weighted by Gasteiger charge is -2.34. The monoisotopic (exact) mass is 476 g/mol. The van der Waals surface area contributed by atoms with Crippen LogP contribution in [0.15, 0.2) is 55.0 Å². The van der Waals surface area contributed by atoms with E-state index >= 15 is 0 Å². The molecule has 2 N–H and O–H groups in total. The van der Waals surface area contributed by atoms with E-state index in [4.69, 9.17) is 11.6 Å². The number of hydrogen-bond donors (Lipinski definition) is 2. The molecule has 2 aromatic heterocycles. The first-order valence-corrected chi connectivity index (χ1v) is 10.7. The number of rotatable bonds is 5. The number of alkyl halides is 3. The second kappa shape index (κ2) is 9.07. The molecule has 1 aliphatic carbocycles. The zero-order valence-corrected chi connectivity index (χ0v) is 18.1. The maximum Gasteiger partial charge on any atom is 0.417 e. The van der Waals surface area contributed by atoms with Gasteiger partial charge in [-0.2, -0.15) is 13.2 Å². The molecule has 3 aromatic rings. The zero-order chi connectivity index (χ0) is 23.6. The quantitative estimate of drug-likeness (QED) is 0.542. The number of halogens is 4. The summed E-state index contributed by atoms with van der Waals surface area (Å²) in [5, 5.41) is 13.2. The summed E-state index contributed by atoms with van der Waals surface area (Å²) in [6.07, 6.45) is 1.71. The van der Waals surface area contributed by atoms with Gasteiger partial charge < -0.3 is 10.4 Å². The fourth-order valence-corrected chi connectivity index (χ4v) is 4.43. The third kappa shape index (κ3) is 4.84. The van der Waals surface area contributed by atoms with Crippen molar-refractivity contribution in [3.8, 4) is 11.4 Å². The normalized spacial score (nSPS) is 16.4. The van der Waals surface area contributed by atoms with Crippen molar-refractivity contribution in [3.63, 3.8) is 0 Å². The number of benzene rings is 1. The van der Waals surface area contributed by atoms with Crippen molar-refractivity contribution in [3.05, 3.63) is 76.8 Å². The van der Waals surface area contributed by atoms with Crippen LogP contribution in [-0.4, -0.2) is 31.6 Å². The molecule has 1 fully saturated rings. The first-order chi connectivity index (χ1) is 15.7. The van der Waals surface area contributed by atoms with Crippen LogP contribution < -0.4 is 5.32 Å². The number of aliphatic hydroxyl groups is 1. The summed E-state index contributed by atoms with van der Waals surface area (Å²) >= 11 is 5.90. The molecular formula is C23H20ClF3N4O2. The summed E-state index contributed by atoms with van der Waals surface area (Å²) < 4.78 is 39.7. The summed E-state index contributed by atoms with van der Waals surface area (Å²) in [6.45, 7) is 0. The van der Waals surface area contributed by atoms with Crippen molar-refractivity contribution in [2.45, 2.75) is 43.5 Å². The molecule has 172 valence electrons. The fourth-order valence-electron chi connectivity index (χ4n) is 4.13. The Morgan fingerprint density at radius 1 is 1.06 bits per heavy atom. The van der Waals surface area contributed by atoms with Crippen LogP contribution in [0.1, 0.15) is 53.3 Å². The number of nitrogens with one attached hydrogen (secondary N) is 1. The highest BCUT2D eigenvalue weighted by Gasteiger charge is 2.42. The van der Waals surface area contributed by atoms with Crippen molar-refractivity contribution in [1.29, 1.82) is 0 Å². The van der Waals surface area contributed by atoms with Gasteiger partial charge in [-0.05, 0) is 36.6 Å². The fraction of sp³-hybridized carbons (Fsp3) is 0.304. The average Bonchev–Trinajstić information content (AvgIpc) is 3.24. The van der Waals surface area contributed by atoms with Crippen molar-refractivity contribution >= 4 is 17.5 Å². The van der Waals surface area contributed by atoms with Gasteiger partial charge in [0.05, 0.1) is 22.2 Å². The van der Waals surface area contributed by atoms with Gasteiger partial charge in [0.15, 0.2) is 5.82 Å². The van der Waals surface area contributed by atoms with E-state index in [2.05, 4.69) is 20.3 Å². The molecule has 0 spiro atoms. The van der Waals surface area contributed by atoms with E-state index in [1.807, 2.05) is 0 Å². The van der Waals surface area contributed by atoms with Crippen LogP contribution in [0.4, 0.5) is 13.2 Å². The molecule has 1 aromatic carbocycles. The van der Waals surface area contributed by atoms with Crippen LogP contribution in [0.2, 0.25) is 5.02 Å². The number of carbonyl (C=O) groups excluding carboxylic acids is 1. The Labute approximate surface area is 192 Å². The van der Waals surface area contributed by atoms with Crippen molar-refractivity contribution < 1.29 is 23.1 Å². The number of pyridine rings is 1. The van der Waals surface area contributed by atoms with E-state index in [1.165, 1.54) is 0 Å². The first-order valence-electron chi connectivity index (χ1n) is 10.3. The van der Waals surface area contributed by atoms with E-state index < -0.39 is 40.0 Å². The molecule has 1 atom stereocenters. The molecule has 0 bridgehead atoms. The SMILES string of the molecule is O=C(NC(c1cccc(-c2ncccn2)c1)C1(O)CCCC1)c1nccc(C(F)(F)F)c1Cl. The van der Waals surface area contributed by atoms with E-state index in [0.29, 0.717) is 35.9 Å². The Hall–Kier alpha value is -3.04. The van der Waals surface area contributed by atoms with Gasteiger partial charge in [0, 0.05) is 24.2 Å². The average molecular weight is 477 g/mol. The Balaban J connectivity index is 1.71. The molecule has 6 nitrogen and oxygen atoms in total. The smallest absolute Gasteiger partial charge is 0.387 e. The topological polar surface area (TPSA) is 88.0 Å². The Bertz CT molecular complexity index is 1150. The molecule has 0 radical (unpaired) electrons. The number of amides is 1. The van der Waals surface area contributed by atoms with Gasteiger partial charge in [0.2, 0.25) is 0 Å². The van der Waals surface area contributed by atoms with E-state index in [9.17, 15) is 23.1 Å². The first kappa shape index (κ1) is 23.1. The van der Waals surface area contributed by atoms with Crippen molar-refractivity contribution in [2.75, 3.05) is 0 Å². The minimum Gasteiger partial charge on any atom is -0.387 e. The highest BCUT2D eigenvalue weighted by molar-refractivity contribution is 6.34. The second-order valence-corrected chi connectivity index (χ2v) is 8.31. The third-order valence-electron chi connectivity index (χ3n) is 5.74. The summed E-state index contributed by atoms with van der Waals surface area (Å²) in [5.74, 6) is -0.441. The Morgan fingerprint density at radius 3 is 2.42 bits per heavy atom. The lowest BCUT2D eigenvalue weighted by molar-refractivity contribution is -0.137. The maximum absolute atomic E-state index is 13.2. The number of carbonyl (C=O) groups is 1. The molecule has 2 heterocycles. The molecule has 0 saturated heterocycles. The molecule has 1 unspecified atom stereocenters. The molecule has 10 heteroatoms. The minimum absolute atomic E-state index is 0.424. The maximum atomic E-state index is 13.2. The van der Waals surface area contributed by atoms with Crippen LogP contribution in [0, 0.1) is 0 Å². The van der Waals surface area contributed by atoms with Gasteiger partial charge in [-0.15, -0.1) is 0 Å². The highest BCUT2D eigenvalue weighted by atomic mass is 35.5. The van der Waals surface area contributed by atoms with Crippen LogP contribution in [0.5, 0.6) is 0 Å². The van der Waals surface area contributed by atoms with Crippen LogP contribution in [0.3, 0.4) is 0 Å². The van der Waals surface area contributed by atoms with Crippen molar-refractivity contribution in [2.24, 2.45) is 0 Å². The number of nitrogens with zero attached hydrogens (tertiary/aromatic N) is 3. The standard InChI is InChI=1S/C23H20ClF3N4O2/c24-17-16(23(25,26)27)7-12-28-18(17)21(32)31-19(22(33)8-1-2-9-22)14-5-3-6-15(13-14)20-29-10-4-11-30-20/h3-7,10-13,19,33H,1-2,8-9H2,(H,31,32). The van der Waals surface area contributed by atoms with Gasteiger partial charge in [-0.25, -0.2) is 15.0 Å². The summed E-state index contributed by atoms with van der Waals surface area (Å²) in [7, 11) is 0. The van der Waals surface area contributed by atoms with E-state index in [1.54, 1.807) is 42.7 Å². The number of hydrogen-bond acceptors (Lipinski definition) is 5. The van der Waals surface area contributed by atoms with E-state index in [0.717, 1.165) is 19.0 Å². The minimum atomic E-state index is -4.73. The predicted molar refractivity (Wildman–Crippen MR) is 115 cm³/mol. The molecule has 4 rings (SSSR count). The summed E-state index contributed by atoms with van der Waals surface area (Å²) in [6, 6.07) is 8.51. The largest absolute Gasteiger partial charge is 0.417 e. The molecule has 1 saturated carbocycles. The lowest BCUT2D eigenvalue weighted by atomic mass is 9.86. The molecule has 33 heavy (non-hydrogen) atoms. The van der Waals surface area contributed by atoms with Gasteiger partial charge in [-0.3, -0.25) is 4.79 Å². The molecular weight excluding hydrogens is 457 g/mol. The Morgan fingerprint density at radius 2 is 1.76 bits per heavy atom. The summed E-state index contributed by atoms with van der Waals surface area (Å²) in [5.41, 5.74) is -1.74. The third-order valence-corrected chi connectivity index (χ3v) is 6.12. The van der Waals surface area contributed by atoms with Gasteiger partial charge >= 0.3 is 6.18 Å². The highest BCUT2D eigenvalue weighted by Crippen LogP contribution is 2.41. The second-order valence-electron chi connectivity index (χ2n) is 7.93. The molecule has 1 amide bonds. The van der Waals surface area contributed by atoms with Gasteiger partial charge in [0.1, 0.15) is 5.69 Å². The number of aromatic nitrogens is 3. The van der Waals surface area contributed by atoms with Crippen molar-refractivity contribution in [1.82, 2.24) is 20.3 Å². The van der Waals surface area contributed by atoms with Gasteiger partial charge in [-0.1, -0.05) is 42.6 Å². The molecule has 1 aliphatic rings. The van der Waals surface area contributed by atoms with Crippen LogP contribution >= 0.6 is 11.6 Å².